The quantitative estimate of drug-likeness (QED) is 0.909. The van der Waals surface area contributed by atoms with Crippen LogP contribution in [0.2, 0.25) is 5.15 Å². The highest BCUT2D eigenvalue weighted by Crippen LogP contribution is 2.48. The fourth-order valence-electron chi connectivity index (χ4n) is 3.28. The van der Waals surface area contributed by atoms with E-state index in [1.54, 1.807) is 11.7 Å². The zero-order chi connectivity index (χ0) is 14.6. The Kier molecular flexibility index (Phi) is 3.49. The smallest absolute Gasteiger partial charge is 0.132 e. The van der Waals surface area contributed by atoms with E-state index in [4.69, 9.17) is 16.3 Å². The Morgan fingerprint density at radius 1 is 1.42 bits per heavy atom. The Morgan fingerprint density at radius 3 is 2.37 bits per heavy atom. The summed E-state index contributed by atoms with van der Waals surface area (Å²) in [5, 5.41) is 15.5. The zero-order valence-electron chi connectivity index (χ0n) is 12.5. The molecule has 5 heteroatoms. The van der Waals surface area contributed by atoms with E-state index in [2.05, 4.69) is 18.9 Å². The Balaban J connectivity index is 2.37. The summed E-state index contributed by atoms with van der Waals surface area (Å²) in [6, 6.07) is 0. The number of halogens is 1. The minimum absolute atomic E-state index is 0.00269. The number of aliphatic hydroxyl groups excluding tert-OH is 1. The molecule has 0 radical (unpaired) electrons. The van der Waals surface area contributed by atoms with Crippen LogP contribution in [0.4, 0.5) is 0 Å². The molecule has 2 rings (SSSR count). The molecule has 2 unspecified atom stereocenters. The van der Waals surface area contributed by atoms with Crippen molar-refractivity contribution >= 4 is 11.6 Å². The fraction of sp³-hybridized carbons (Fsp3) is 0.786. The van der Waals surface area contributed by atoms with Crippen molar-refractivity contribution < 1.29 is 9.84 Å². The van der Waals surface area contributed by atoms with Gasteiger partial charge >= 0.3 is 0 Å². The van der Waals surface area contributed by atoms with Gasteiger partial charge in [-0.3, -0.25) is 4.68 Å². The molecule has 0 bridgehead atoms. The highest BCUT2D eigenvalue weighted by atomic mass is 35.5. The minimum Gasteiger partial charge on any atom is -0.388 e. The monoisotopic (exact) mass is 286 g/mol. The Morgan fingerprint density at radius 2 is 2.00 bits per heavy atom. The van der Waals surface area contributed by atoms with Crippen LogP contribution in [0.3, 0.4) is 0 Å². The SMILES string of the molecule is Cc1nn(C)c(Cl)c1C(O)C1CC(C)(C)OC1(C)C. The molecule has 1 fully saturated rings. The van der Waals surface area contributed by atoms with Gasteiger partial charge in [-0.05, 0) is 41.0 Å². The van der Waals surface area contributed by atoms with Crippen molar-refractivity contribution in [1.82, 2.24) is 9.78 Å². The van der Waals surface area contributed by atoms with Gasteiger partial charge in [0.15, 0.2) is 0 Å². The molecule has 1 N–H and O–H groups in total. The standard InChI is InChI=1S/C14H23ClN2O2/c1-8-10(12(15)17(6)16-8)11(18)9-7-13(2,3)19-14(9,4)5/h9,11,18H,7H2,1-6H3. The van der Waals surface area contributed by atoms with Crippen molar-refractivity contribution in [3.05, 3.63) is 16.4 Å². The zero-order valence-corrected chi connectivity index (χ0v) is 13.2. The molecule has 0 aliphatic carbocycles. The summed E-state index contributed by atoms with van der Waals surface area (Å²) in [6.07, 6.45) is 0.143. The molecule has 1 aromatic heterocycles. The first-order chi connectivity index (χ1) is 8.55. The molecule has 0 saturated carbocycles. The van der Waals surface area contributed by atoms with Gasteiger partial charge in [-0.25, -0.2) is 0 Å². The van der Waals surface area contributed by atoms with Crippen LogP contribution in [0.25, 0.3) is 0 Å². The summed E-state index contributed by atoms with van der Waals surface area (Å²) in [7, 11) is 1.78. The van der Waals surface area contributed by atoms with E-state index in [-0.39, 0.29) is 17.1 Å². The third-order valence-electron chi connectivity index (χ3n) is 4.02. The van der Waals surface area contributed by atoms with Gasteiger partial charge < -0.3 is 9.84 Å². The van der Waals surface area contributed by atoms with Crippen molar-refractivity contribution in [2.24, 2.45) is 13.0 Å². The first-order valence-electron chi connectivity index (χ1n) is 6.62. The molecule has 108 valence electrons. The van der Waals surface area contributed by atoms with Crippen LogP contribution in [-0.4, -0.2) is 26.1 Å². The first kappa shape index (κ1) is 14.8. The maximum atomic E-state index is 10.7. The molecule has 2 atom stereocenters. The largest absolute Gasteiger partial charge is 0.388 e. The molecule has 0 amide bonds. The van der Waals surface area contributed by atoms with Gasteiger partial charge in [0.25, 0.3) is 0 Å². The lowest BCUT2D eigenvalue weighted by molar-refractivity contribution is -0.0880. The molecular weight excluding hydrogens is 264 g/mol. The summed E-state index contributed by atoms with van der Waals surface area (Å²) >= 11 is 6.25. The molecule has 1 aliphatic rings. The molecule has 1 aliphatic heterocycles. The van der Waals surface area contributed by atoms with Gasteiger partial charge in [0.1, 0.15) is 5.15 Å². The van der Waals surface area contributed by atoms with Crippen molar-refractivity contribution in [3.63, 3.8) is 0 Å². The normalized spacial score (nSPS) is 26.6. The molecule has 0 spiro atoms. The van der Waals surface area contributed by atoms with E-state index >= 15 is 0 Å². The highest BCUT2D eigenvalue weighted by Gasteiger charge is 2.50. The number of hydrogen-bond donors (Lipinski definition) is 1. The van der Waals surface area contributed by atoms with Crippen LogP contribution >= 0.6 is 11.6 Å². The fourth-order valence-corrected chi connectivity index (χ4v) is 3.57. The number of aryl methyl sites for hydroxylation is 2. The van der Waals surface area contributed by atoms with Gasteiger partial charge in [0, 0.05) is 18.5 Å². The number of nitrogens with zero attached hydrogens (tertiary/aromatic N) is 2. The lowest BCUT2D eigenvalue weighted by atomic mass is 9.80. The average molecular weight is 287 g/mol. The predicted octanol–water partition coefficient (Wildman–Crippen LogP) is 3.01. The lowest BCUT2D eigenvalue weighted by Crippen LogP contribution is -2.32. The minimum atomic E-state index is -0.655. The number of hydrogen-bond acceptors (Lipinski definition) is 3. The first-order valence-corrected chi connectivity index (χ1v) is 7.00. The third-order valence-corrected chi connectivity index (χ3v) is 4.47. The van der Waals surface area contributed by atoms with E-state index in [1.807, 2.05) is 20.8 Å². The highest BCUT2D eigenvalue weighted by molar-refractivity contribution is 6.30. The van der Waals surface area contributed by atoms with E-state index in [0.29, 0.717) is 5.15 Å². The second-order valence-corrected chi connectivity index (χ2v) is 6.99. The third kappa shape index (κ3) is 2.54. The number of ether oxygens (including phenoxy) is 1. The summed E-state index contributed by atoms with van der Waals surface area (Å²) < 4.78 is 7.65. The van der Waals surface area contributed by atoms with Crippen LogP contribution in [0.1, 0.15) is 51.5 Å². The summed E-state index contributed by atoms with van der Waals surface area (Å²) in [6.45, 7) is 10.0. The van der Waals surface area contributed by atoms with Crippen molar-refractivity contribution in [2.75, 3.05) is 0 Å². The molecule has 0 aromatic carbocycles. The van der Waals surface area contributed by atoms with Gasteiger partial charge in [-0.1, -0.05) is 11.6 Å². The van der Waals surface area contributed by atoms with Crippen LogP contribution in [0.5, 0.6) is 0 Å². The summed E-state index contributed by atoms with van der Waals surface area (Å²) in [5.41, 5.74) is 0.899. The Hall–Kier alpha value is -0.580. The summed E-state index contributed by atoms with van der Waals surface area (Å²) in [4.78, 5) is 0. The van der Waals surface area contributed by atoms with Crippen LogP contribution in [0, 0.1) is 12.8 Å². The molecule has 1 saturated heterocycles. The van der Waals surface area contributed by atoms with E-state index in [9.17, 15) is 5.11 Å². The topological polar surface area (TPSA) is 47.3 Å². The van der Waals surface area contributed by atoms with Crippen molar-refractivity contribution in [3.8, 4) is 0 Å². The van der Waals surface area contributed by atoms with Gasteiger partial charge in [0.05, 0.1) is 23.0 Å². The maximum absolute atomic E-state index is 10.7. The van der Waals surface area contributed by atoms with Gasteiger partial charge in [-0.15, -0.1) is 0 Å². The Labute approximate surface area is 119 Å². The lowest BCUT2D eigenvalue weighted by Gasteiger charge is -2.30. The molecular formula is C14H23ClN2O2. The van der Waals surface area contributed by atoms with E-state index in [0.717, 1.165) is 17.7 Å². The molecule has 19 heavy (non-hydrogen) atoms. The molecule has 2 heterocycles. The van der Waals surface area contributed by atoms with E-state index in [1.165, 1.54) is 0 Å². The van der Waals surface area contributed by atoms with Crippen LogP contribution in [0.15, 0.2) is 0 Å². The van der Waals surface area contributed by atoms with Crippen molar-refractivity contribution in [1.29, 1.82) is 0 Å². The Bertz CT molecular complexity index is 494. The maximum Gasteiger partial charge on any atom is 0.132 e. The molecule has 1 aromatic rings. The van der Waals surface area contributed by atoms with Crippen LogP contribution in [-0.2, 0) is 11.8 Å². The molecule has 4 nitrogen and oxygen atoms in total. The van der Waals surface area contributed by atoms with Gasteiger partial charge in [0.2, 0.25) is 0 Å². The van der Waals surface area contributed by atoms with Crippen molar-refractivity contribution in [2.45, 2.75) is 58.3 Å². The summed E-state index contributed by atoms with van der Waals surface area (Å²) in [5.74, 6) is 0.00269. The number of aliphatic hydroxyl groups is 1. The van der Waals surface area contributed by atoms with E-state index < -0.39 is 6.10 Å². The predicted molar refractivity (Wildman–Crippen MR) is 75.3 cm³/mol. The van der Waals surface area contributed by atoms with Crippen LogP contribution < -0.4 is 0 Å². The second kappa shape index (κ2) is 4.47. The van der Waals surface area contributed by atoms with Gasteiger partial charge in [-0.2, -0.15) is 5.10 Å². The number of aromatic nitrogens is 2. The average Bonchev–Trinajstić information content (AvgIpc) is 2.60. The second-order valence-electron chi connectivity index (χ2n) is 6.63. The number of rotatable bonds is 2.